The zero-order valence-corrected chi connectivity index (χ0v) is 14.2. The van der Waals surface area contributed by atoms with Crippen LogP contribution in [0.5, 0.6) is 0 Å². The second-order valence-electron chi connectivity index (χ2n) is 6.12. The van der Waals surface area contributed by atoms with Crippen LogP contribution in [0, 0.1) is 0 Å². The minimum Gasteiger partial charge on any atom is -0.313 e. The number of nitrogens with zero attached hydrogens (tertiary/aromatic N) is 1. The lowest BCUT2D eigenvalue weighted by atomic mass is 9.99. The fraction of sp³-hybridized carbons (Fsp3) is 0.667. The third-order valence-corrected chi connectivity index (χ3v) is 4.67. The zero-order chi connectivity index (χ0) is 15.1. The van der Waals surface area contributed by atoms with Crippen LogP contribution in [0.25, 0.3) is 0 Å². The van der Waals surface area contributed by atoms with Gasteiger partial charge in [-0.15, -0.1) is 0 Å². The highest BCUT2D eigenvalue weighted by molar-refractivity contribution is 6.30. The molecule has 0 amide bonds. The summed E-state index contributed by atoms with van der Waals surface area (Å²) in [6.07, 6.45) is 6.34. The number of rotatable bonds is 7. The first-order chi connectivity index (χ1) is 10.2. The molecule has 1 aliphatic rings. The van der Waals surface area contributed by atoms with Crippen LogP contribution in [0.1, 0.15) is 57.6 Å². The van der Waals surface area contributed by atoms with E-state index in [9.17, 15) is 0 Å². The number of benzene rings is 1. The quantitative estimate of drug-likeness (QED) is 0.789. The van der Waals surface area contributed by atoms with Crippen molar-refractivity contribution in [1.29, 1.82) is 0 Å². The minimum atomic E-state index is 0.479. The van der Waals surface area contributed by atoms with Crippen molar-refractivity contribution in [3.05, 3.63) is 34.9 Å². The molecule has 1 fully saturated rings. The van der Waals surface area contributed by atoms with Crippen LogP contribution in [-0.2, 0) is 0 Å². The van der Waals surface area contributed by atoms with Gasteiger partial charge in [-0.05, 0) is 56.5 Å². The Bertz CT molecular complexity index is 415. The molecule has 2 unspecified atom stereocenters. The summed E-state index contributed by atoms with van der Waals surface area (Å²) in [6, 6.07) is 9.52. The van der Waals surface area contributed by atoms with Gasteiger partial charge >= 0.3 is 0 Å². The van der Waals surface area contributed by atoms with E-state index in [4.69, 9.17) is 11.6 Å². The SMILES string of the molecule is CCCN(CC1CCCCN1)C(CC)c1cccc(Cl)c1. The molecule has 0 saturated carbocycles. The Morgan fingerprint density at radius 1 is 1.33 bits per heavy atom. The van der Waals surface area contributed by atoms with Crippen LogP contribution in [0.15, 0.2) is 24.3 Å². The summed E-state index contributed by atoms with van der Waals surface area (Å²) in [7, 11) is 0. The molecule has 0 aliphatic carbocycles. The van der Waals surface area contributed by atoms with E-state index in [0.717, 1.165) is 24.5 Å². The van der Waals surface area contributed by atoms with Crippen molar-refractivity contribution in [2.24, 2.45) is 0 Å². The Labute approximate surface area is 134 Å². The largest absolute Gasteiger partial charge is 0.313 e. The first-order valence-corrected chi connectivity index (χ1v) is 8.85. The molecule has 1 aliphatic heterocycles. The minimum absolute atomic E-state index is 0.479. The number of piperidine rings is 1. The molecule has 3 heteroatoms. The average Bonchev–Trinajstić information content (AvgIpc) is 2.49. The van der Waals surface area contributed by atoms with Crippen molar-refractivity contribution < 1.29 is 0 Å². The molecule has 2 nitrogen and oxygen atoms in total. The Hall–Kier alpha value is -0.570. The number of halogens is 1. The standard InChI is InChI=1S/C18H29ClN2/c1-3-12-21(14-17-10-5-6-11-20-17)18(4-2)15-8-7-9-16(19)13-15/h7-9,13,17-18,20H,3-6,10-12,14H2,1-2H3. The van der Waals surface area contributed by atoms with Crippen LogP contribution >= 0.6 is 11.6 Å². The number of hydrogen-bond acceptors (Lipinski definition) is 2. The first kappa shape index (κ1) is 16.8. The van der Waals surface area contributed by atoms with Gasteiger partial charge in [-0.1, -0.05) is 44.0 Å². The predicted octanol–water partition coefficient (Wildman–Crippen LogP) is 4.65. The van der Waals surface area contributed by atoms with Gasteiger partial charge in [0.2, 0.25) is 0 Å². The van der Waals surface area contributed by atoms with Gasteiger partial charge in [-0.25, -0.2) is 0 Å². The van der Waals surface area contributed by atoms with Crippen LogP contribution < -0.4 is 5.32 Å². The third-order valence-electron chi connectivity index (χ3n) is 4.44. The lowest BCUT2D eigenvalue weighted by Crippen LogP contribution is -2.45. The Kier molecular flexibility index (Phi) is 7.01. The van der Waals surface area contributed by atoms with Crippen LogP contribution in [-0.4, -0.2) is 30.6 Å². The molecule has 118 valence electrons. The molecule has 0 radical (unpaired) electrons. The molecule has 2 rings (SSSR count). The van der Waals surface area contributed by atoms with Crippen LogP contribution in [0.2, 0.25) is 5.02 Å². The van der Waals surface area contributed by atoms with Crippen molar-refractivity contribution in [3.8, 4) is 0 Å². The van der Waals surface area contributed by atoms with Gasteiger partial charge in [0.05, 0.1) is 0 Å². The van der Waals surface area contributed by atoms with E-state index in [0.29, 0.717) is 12.1 Å². The van der Waals surface area contributed by atoms with E-state index < -0.39 is 0 Å². The smallest absolute Gasteiger partial charge is 0.0409 e. The van der Waals surface area contributed by atoms with Crippen molar-refractivity contribution in [2.45, 2.75) is 58.0 Å². The van der Waals surface area contributed by atoms with Gasteiger partial charge in [0.25, 0.3) is 0 Å². The highest BCUT2D eigenvalue weighted by atomic mass is 35.5. The van der Waals surface area contributed by atoms with Gasteiger partial charge in [0.1, 0.15) is 0 Å². The fourth-order valence-corrected chi connectivity index (χ4v) is 3.64. The molecular weight excluding hydrogens is 280 g/mol. The maximum Gasteiger partial charge on any atom is 0.0409 e. The highest BCUT2D eigenvalue weighted by Crippen LogP contribution is 2.27. The summed E-state index contributed by atoms with van der Waals surface area (Å²) in [5, 5.41) is 4.53. The Morgan fingerprint density at radius 3 is 2.81 bits per heavy atom. The van der Waals surface area contributed by atoms with E-state index in [-0.39, 0.29) is 0 Å². The summed E-state index contributed by atoms with van der Waals surface area (Å²) in [6.45, 7) is 8.04. The summed E-state index contributed by atoms with van der Waals surface area (Å²) in [4.78, 5) is 2.65. The molecule has 1 saturated heterocycles. The van der Waals surface area contributed by atoms with Crippen molar-refractivity contribution in [1.82, 2.24) is 10.2 Å². The summed E-state index contributed by atoms with van der Waals surface area (Å²) in [5.41, 5.74) is 1.36. The van der Waals surface area contributed by atoms with E-state index in [1.54, 1.807) is 0 Å². The van der Waals surface area contributed by atoms with E-state index >= 15 is 0 Å². The summed E-state index contributed by atoms with van der Waals surface area (Å²) in [5.74, 6) is 0. The molecule has 1 N–H and O–H groups in total. The third kappa shape index (κ3) is 4.98. The molecule has 21 heavy (non-hydrogen) atoms. The van der Waals surface area contributed by atoms with Crippen molar-refractivity contribution >= 4 is 11.6 Å². The maximum absolute atomic E-state index is 6.19. The molecule has 0 aromatic heterocycles. The molecule has 1 aromatic rings. The first-order valence-electron chi connectivity index (χ1n) is 8.47. The fourth-order valence-electron chi connectivity index (χ4n) is 3.44. The monoisotopic (exact) mass is 308 g/mol. The molecule has 0 bridgehead atoms. The normalized spacial score (nSPS) is 20.7. The van der Waals surface area contributed by atoms with Gasteiger partial charge in [0, 0.05) is 23.7 Å². The van der Waals surface area contributed by atoms with Gasteiger partial charge in [0.15, 0.2) is 0 Å². The van der Waals surface area contributed by atoms with E-state index in [1.165, 1.54) is 37.8 Å². The highest BCUT2D eigenvalue weighted by Gasteiger charge is 2.22. The number of hydrogen-bond donors (Lipinski definition) is 1. The molecular formula is C18H29ClN2. The Balaban J connectivity index is 2.09. The molecule has 2 atom stereocenters. The van der Waals surface area contributed by atoms with Gasteiger partial charge in [-0.3, -0.25) is 4.90 Å². The topological polar surface area (TPSA) is 15.3 Å². The molecule has 1 heterocycles. The lowest BCUT2D eigenvalue weighted by Gasteiger charge is -2.36. The average molecular weight is 309 g/mol. The molecule has 0 spiro atoms. The van der Waals surface area contributed by atoms with Gasteiger partial charge in [-0.2, -0.15) is 0 Å². The summed E-state index contributed by atoms with van der Waals surface area (Å²) < 4.78 is 0. The Morgan fingerprint density at radius 2 is 2.19 bits per heavy atom. The van der Waals surface area contributed by atoms with Crippen LogP contribution in [0.4, 0.5) is 0 Å². The number of nitrogens with one attached hydrogen (secondary N) is 1. The van der Waals surface area contributed by atoms with Crippen LogP contribution in [0.3, 0.4) is 0 Å². The van der Waals surface area contributed by atoms with E-state index in [2.05, 4.69) is 42.3 Å². The molecule has 1 aromatic carbocycles. The maximum atomic E-state index is 6.19. The predicted molar refractivity (Wildman–Crippen MR) is 92.0 cm³/mol. The van der Waals surface area contributed by atoms with Crippen molar-refractivity contribution in [2.75, 3.05) is 19.6 Å². The second-order valence-corrected chi connectivity index (χ2v) is 6.56. The van der Waals surface area contributed by atoms with Gasteiger partial charge < -0.3 is 5.32 Å². The summed E-state index contributed by atoms with van der Waals surface area (Å²) >= 11 is 6.19. The van der Waals surface area contributed by atoms with Crippen molar-refractivity contribution in [3.63, 3.8) is 0 Å². The van der Waals surface area contributed by atoms with E-state index in [1.807, 2.05) is 6.07 Å². The zero-order valence-electron chi connectivity index (χ0n) is 13.4. The second kappa shape index (κ2) is 8.77. The lowest BCUT2D eigenvalue weighted by molar-refractivity contribution is 0.161.